The summed E-state index contributed by atoms with van der Waals surface area (Å²) in [4.78, 5) is 4.22. The molecule has 0 radical (unpaired) electrons. The zero-order chi connectivity index (χ0) is 11.0. The summed E-state index contributed by atoms with van der Waals surface area (Å²) in [6, 6.07) is 6.52. The van der Waals surface area contributed by atoms with E-state index in [1.807, 2.05) is 0 Å². The fraction of sp³-hybridized carbons (Fsp3) is 0.273. The molecule has 2 N–H and O–H groups in total. The highest BCUT2D eigenvalue weighted by atomic mass is 79.9. The van der Waals surface area contributed by atoms with Gasteiger partial charge in [-0.1, -0.05) is 22.0 Å². The first-order chi connectivity index (χ1) is 7.84. The molecule has 1 aromatic heterocycles. The smallest absolute Gasteiger partial charge is 0.145 e. The van der Waals surface area contributed by atoms with Crippen molar-refractivity contribution in [2.24, 2.45) is 0 Å². The van der Waals surface area contributed by atoms with Gasteiger partial charge in [-0.05, 0) is 29.7 Å². The number of H-pyrrole nitrogens is 1. The Kier molecular flexibility index (Phi) is 3.81. The Morgan fingerprint density at radius 1 is 1.35 bits per heavy atom. The van der Waals surface area contributed by atoms with Crippen LogP contribution in [-0.4, -0.2) is 21.7 Å². The van der Waals surface area contributed by atoms with E-state index in [4.69, 9.17) is 0 Å². The fourth-order valence-corrected chi connectivity index (χ4v) is 2.54. The van der Waals surface area contributed by atoms with E-state index in [1.54, 1.807) is 6.33 Å². The lowest BCUT2D eigenvalue weighted by Gasteiger charge is -2.25. The summed E-state index contributed by atoms with van der Waals surface area (Å²) in [6.45, 7) is 0.967. The summed E-state index contributed by atoms with van der Waals surface area (Å²) in [5.74, 6) is 0.878. The number of halogens is 2. The van der Waals surface area contributed by atoms with Gasteiger partial charge < -0.3 is 5.32 Å². The first-order valence-corrected chi connectivity index (χ1v) is 6.01. The molecule has 1 aromatic carbocycles. The summed E-state index contributed by atoms with van der Waals surface area (Å²) in [5, 5.41) is 10.3. The van der Waals surface area contributed by atoms with Gasteiger partial charge in [-0.25, -0.2) is 4.98 Å². The molecule has 0 amide bonds. The molecule has 90 valence electrons. The SMILES string of the molecule is Brc1ccc2c(c1)CCNC2c1ncn[nH]1.Cl. The highest BCUT2D eigenvalue weighted by Crippen LogP contribution is 2.28. The molecule has 0 saturated heterocycles. The minimum atomic E-state index is 0. The molecule has 6 heteroatoms. The van der Waals surface area contributed by atoms with Crippen molar-refractivity contribution in [2.75, 3.05) is 6.54 Å². The summed E-state index contributed by atoms with van der Waals surface area (Å²) >= 11 is 3.50. The molecule has 0 saturated carbocycles. The average Bonchev–Trinajstić information content (AvgIpc) is 2.81. The van der Waals surface area contributed by atoms with Gasteiger partial charge in [0, 0.05) is 11.0 Å². The molecular formula is C11H12BrClN4. The van der Waals surface area contributed by atoms with Crippen LogP contribution in [0, 0.1) is 0 Å². The molecule has 4 nitrogen and oxygen atoms in total. The number of nitrogens with zero attached hydrogens (tertiary/aromatic N) is 2. The van der Waals surface area contributed by atoms with Crippen LogP contribution in [0.5, 0.6) is 0 Å². The maximum atomic E-state index is 4.22. The molecule has 0 bridgehead atoms. The second kappa shape index (κ2) is 5.16. The van der Waals surface area contributed by atoms with Gasteiger partial charge in [0.25, 0.3) is 0 Å². The number of nitrogens with one attached hydrogen (secondary N) is 2. The van der Waals surface area contributed by atoms with Crippen LogP contribution < -0.4 is 5.32 Å². The second-order valence-corrected chi connectivity index (χ2v) is 4.77. The van der Waals surface area contributed by atoms with Gasteiger partial charge in [0.05, 0.1) is 6.04 Å². The van der Waals surface area contributed by atoms with E-state index in [9.17, 15) is 0 Å². The lowest BCUT2D eigenvalue weighted by Crippen LogP contribution is -2.31. The molecule has 1 aliphatic heterocycles. The van der Waals surface area contributed by atoms with Crippen molar-refractivity contribution in [1.29, 1.82) is 0 Å². The standard InChI is InChI=1S/C11H11BrN4.ClH/c12-8-1-2-9-7(5-8)3-4-13-10(9)11-14-6-15-16-11;/h1-2,5-6,10,13H,3-4H2,(H,14,15,16);1H. The van der Waals surface area contributed by atoms with Gasteiger partial charge >= 0.3 is 0 Å². The third-order valence-electron chi connectivity index (χ3n) is 2.87. The zero-order valence-electron chi connectivity index (χ0n) is 8.98. The Labute approximate surface area is 114 Å². The van der Waals surface area contributed by atoms with E-state index < -0.39 is 0 Å². The largest absolute Gasteiger partial charge is 0.303 e. The normalized spacial score (nSPS) is 18.3. The van der Waals surface area contributed by atoms with E-state index in [2.05, 4.69) is 54.6 Å². The van der Waals surface area contributed by atoms with Crippen molar-refractivity contribution in [3.8, 4) is 0 Å². The molecule has 1 atom stereocenters. The molecule has 1 unspecified atom stereocenters. The molecule has 2 aromatic rings. The molecule has 0 fully saturated rings. The predicted molar refractivity (Wildman–Crippen MR) is 71.3 cm³/mol. The topological polar surface area (TPSA) is 53.6 Å². The molecule has 3 rings (SSSR count). The van der Waals surface area contributed by atoms with Gasteiger partial charge in [-0.15, -0.1) is 12.4 Å². The minimum Gasteiger partial charge on any atom is -0.303 e. The number of hydrogen-bond acceptors (Lipinski definition) is 3. The van der Waals surface area contributed by atoms with Gasteiger partial charge in [0.2, 0.25) is 0 Å². The van der Waals surface area contributed by atoms with Crippen molar-refractivity contribution < 1.29 is 0 Å². The number of benzene rings is 1. The minimum absolute atomic E-state index is 0. The van der Waals surface area contributed by atoms with Crippen LogP contribution in [0.25, 0.3) is 0 Å². The summed E-state index contributed by atoms with van der Waals surface area (Å²) in [5.41, 5.74) is 2.65. The van der Waals surface area contributed by atoms with Gasteiger partial charge in [-0.3, -0.25) is 5.10 Å². The van der Waals surface area contributed by atoms with Crippen molar-refractivity contribution >= 4 is 28.3 Å². The van der Waals surface area contributed by atoms with Crippen molar-refractivity contribution in [3.05, 3.63) is 46.0 Å². The summed E-state index contributed by atoms with van der Waals surface area (Å²) < 4.78 is 1.13. The van der Waals surface area contributed by atoms with Crippen LogP contribution >= 0.6 is 28.3 Å². The van der Waals surface area contributed by atoms with E-state index >= 15 is 0 Å². The molecule has 1 aliphatic rings. The summed E-state index contributed by atoms with van der Waals surface area (Å²) in [6.07, 6.45) is 2.60. The van der Waals surface area contributed by atoms with Gasteiger partial charge in [0.1, 0.15) is 12.2 Å². The number of aromatic nitrogens is 3. The molecule has 0 aliphatic carbocycles. The maximum absolute atomic E-state index is 4.22. The zero-order valence-corrected chi connectivity index (χ0v) is 11.4. The first-order valence-electron chi connectivity index (χ1n) is 5.21. The Morgan fingerprint density at radius 3 is 3.00 bits per heavy atom. The molecular weight excluding hydrogens is 304 g/mol. The lowest BCUT2D eigenvalue weighted by atomic mass is 9.94. The van der Waals surface area contributed by atoms with Crippen molar-refractivity contribution in [2.45, 2.75) is 12.5 Å². The van der Waals surface area contributed by atoms with Crippen LogP contribution in [-0.2, 0) is 6.42 Å². The third kappa shape index (κ3) is 2.36. The van der Waals surface area contributed by atoms with Crippen molar-refractivity contribution in [3.63, 3.8) is 0 Å². The van der Waals surface area contributed by atoms with E-state index in [-0.39, 0.29) is 18.4 Å². The van der Waals surface area contributed by atoms with Crippen molar-refractivity contribution in [1.82, 2.24) is 20.5 Å². The Balaban J connectivity index is 0.00000108. The maximum Gasteiger partial charge on any atom is 0.145 e. The Morgan fingerprint density at radius 2 is 2.24 bits per heavy atom. The monoisotopic (exact) mass is 314 g/mol. The number of hydrogen-bond donors (Lipinski definition) is 2. The quantitative estimate of drug-likeness (QED) is 0.848. The van der Waals surface area contributed by atoms with E-state index in [0.29, 0.717) is 0 Å². The molecule has 0 spiro atoms. The van der Waals surface area contributed by atoms with Crippen LogP contribution in [0.15, 0.2) is 29.0 Å². The fourth-order valence-electron chi connectivity index (χ4n) is 2.13. The lowest BCUT2D eigenvalue weighted by molar-refractivity contribution is 0.545. The third-order valence-corrected chi connectivity index (χ3v) is 3.36. The highest BCUT2D eigenvalue weighted by Gasteiger charge is 2.23. The van der Waals surface area contributed by atoms with Crippen LogP contribution in [0.4, 0.5) is 0 Å². The first kappa shape index (κ1) is 12.5. The Hall–Kier alpha value is -0.910. The molecule has 17 heavy (non-hydrogen) atoms. The van der Waals surface area contributed by atoms with Crippen LogP contribution in [0.1, 0.15) is 23.0 Å². The molecule has 2 heterocycles. The predicted octanol–water partition coefficient (Wildman–Crippen LogP) is 2.22. The summed E-state index contributed by atoms with van der Waals surface area (Å²) in [7, 11) is 0. The van der Waals surface area contributed by atoms with Gasteiger partial charge in [0.15, 0.2) is 0 Å². The Bertz CT molecular complexity index is 500. The highest BCUT2D eigenvalue weighted by molar-refractivity contribution is 9.10. The number of rotatable bonds is 1. The second-order valence-electron chi connectivity index (χ2n) is 3.85. The van der Waals surface area contributed by atoms with E-state index in [0.717, 1.165) is 23.3 Å². The van der Waals surface area contributed by atoms with Crippen LogP contribution in [0.2, 0.25) is 0 Å². The van der Waals surface area contributed by atoms with E-state index in [1.165, 1.54) is 11.1 Å². The van der Waals surface area contributed by atoms with Crippen LogP contribution in [0.3, 0.4) is 0 Å². The number of aromatic amines is 1. The number of fused-ring (bicyclic) bond motifs is 1. The van der Waals surface area contributed by atoms with Gasteiger partial charge in [-0.2, -0.15) is 5.10 Å². The average molecular weight is 316 g/mol.